The second kappa shape index (κ2) is 5.41. The highest BCUT2D eigenvalue weighted by molar-refractivity contribution is 7.17. The molecule has 2 aromatic heterocycles. The first kappa shape index (κ1) is 13.8. The molecule has 3 aromatic rings. The molecule has 0 unspecified atom stereocenters. The molecule has 0 spiro atoms. The van der Waals surface area contributed by atoms with Crippen LogP contribution in [0, 0.1) is 0 Å². The minimum absolute atomic E-state index is 0.497. The fourth-order valence-electron chi connectivity index (χ4n) is 3.29. The molecule has 2 heterocycles. The Labute approximate surface area is 133 Å². The van der Waals surface area contributed by atoms with E-state index in [1.165, 1.54) is 29.8 Å². The zero-order valence-corrected chi connectivity index (χ0v) is 13.4. The molecule has 1 aliphatic carbocycles. The van der Waals surface area contributed by atoms with Crippen LogP contribution in [0.2, 0.25) is 0 Å². The van der Waals surface area contributed by atoms with E-state index in [4.69, 9.17) is 15.5 Å². The quantitative estimate of drug-likeness (QED) is 0.806. The Hall–Kier alpha value is -1.85. The van der Waals surface area contributed by atoms with Gasteiger partial charge in [0.25, 0.3) is 0 Å². The Balaban J connectivity index is 1.92. The summed E-state index contributed by atoms with van der Waals surface area (Å²) in [6, 6.07) is 8.04. The SMILES string of the molecule is COc1cccc(-c2nc3sc4c(n3c2CN)CCCC4)c1. The van der Waals surface area contributed by atoms with Gasteiger partial charge in [0.1, 0.15) is 5.75 Å². The smallest absolute Gasteiger partial charge is 0.194 e. The monoisotopic (exact) mass is 313 g/mol. The average molecular weight is 313 g/mol. The number of rotatable bonds is 3. The third kappa shape index (κ3) is 2.04. The first-order valence-electron chi connectivity index (χ1n) is 7.68. The molecule has 0 fully saturated rings. The maximum absolute atomic E-state index is 6.07. The van der Waals surface area contributed by atoms with Crippen molar-refractivity contribution >= 4 is 16.3 Å². The maximum Gasteiger partial charge on any atom is 0.194 e. The summed E-state index contributed by atoms with van der Waals surface area (Å²) < 4.78 is 7.63. The highest BCUT2D eigenvalue weighted by Crippen LogP contribution is 2.35. The van der Waals surface area contributed by atoms with E-state index in [2.05, 4.69) is 10.5 Å². The van der Waals surface area contributed by atoms with Gasteiger partial charge in [0.15, 0.2) is 4.96 Å². The van der Waals surface area contributed by atoms with Gasteiger partial charge in [-0.1, -0.05) is 12.1 Å². The number of aromatic nitrogens is 2. The highest BCUT2D eigenvalue weighted by atomic mass is 32.1. The van der Waals surface area contributed by atoms with Crippen LogP contribution in [-0.2, 0) is 19.4 Å². The van der Waals surface area contributed by atoms with Crippen LogP contribution in [-0.4, -0.2) is 16.5 Å². The second-order valence-corrected chi connectivity index (χ2v) is 6.70. The molecule has 1 aliphatic rings. The number of hydrogen-bond donors (Lipinski definition) is 1. The summed E-state index contributed by atoms with van der Waals surface area (Å²) in [5, 5.41) is 0. The summed E-state index contributed by atoms with van der Waals surface area (Å²) in [4.78, 5) is 7.44. The van der Waals surface area contributed by atoms with E-state index >= 15 is 0 Å². The molecular formula is C17H19N3OS. The van der Waals surface area contributed by atoms with E-state index in [9.17, 15) is 0 Å². The number of thiazole rings is 1. The van der Waals surface area contributed by atoms with Crippen LogP contribution >= 0.6 is 11.3 Å². The van der Waals surface area contributed by atoms with Crippen molar-refractivity contribution in [3.8, 4) is 17.0 Å². The van der Waals surface area contributed by atoms with E-state index < -0.39 is 0 Å². The number of imidazole rings is 1. The molecule has 1 aromatic carbocycles. The zero-order valence-electron chi connectivity index (χ0n) is 12.6. The molecule has 114 valence electrons. The summed E-state index contributed by atoms with van der Waals surface area (Å²) in [5.74, 6) is 0.846. The van der Waals surface area contributed by atoms with E-state index in [1.807, 2.05) is 29.5 Å². The molecule has 4 rings (SSSR count). The molecule has 4 nitrogen and oxygen atoms in total. The lowest BCUT2D eigenvalue weighted by Crippen LogP contribution is -2.08. The minimum Gasteiger partial charge on any atom is -0.497 e. The Bertz CT molecular complexity index is 834. The number of hydrogen-bond acceptors (Lipinski definition) is 4. The first-order chi connectivity index (χ1) is 10.8. The van der Waals surface area contributed by atoms with Crippen molar-refractivity contribution in [3.05, 3.63) is 40.5 Å². The van der Waals surface area contributed by atoms with Crippen molar-refractivity contribution in [1.29, 1.82) is 0 Å². The second-order valence-electron chi connectivity index (χ2n) is 5.64. The predicted molar refractivity (Wildman–Crippen MR) is 89.6 cm³/mol. The van der Waals surface area contributed by atoms with Crippen LogP contribution < -0.4 is 10.5 Å². The summed E-state index contributed by atoms with van der Waals surface area (Å²) in [7, 11) is 1.69. The molecule has 0 atom stereocenters. The lowest BCUT2D eigenvalue weighted by Gasteiger charge is -2.12. The van der Waals surface area contributed by atoms with Crippen molar-refractivity contribution in [1.82, 2.24) is 9.38 Å². The van der Waals surface area contributed by atoms with Crippen LogP contribution in [0.3, 0.4) is 0 Å². The molecule has 22 heavy (non-hydrogen) atoms. The van der Waals surface area contributed by atoms with Gasteiger partial charge in [-0.3, -0.25) is 4.40 Å². The Kier molecular flexibility index (Phi) is 3.39. The normalized spacial score (nSPS) is 14.3. The van der Waals surface area contributed by atoms with Gasteiger partial charge >= 0.3 is 0 Å². The van der Waals surface area contributed by atoms with Crippen molar-refractivity contribution in [2.75, 3.05) is 7.11 Å². The van der Waals surface area contributed by atoms with E-state index in [0.29, 0.717) is 6.54 Å². The molecule has 0 aliphatic heterocycles. The fraction of sp³-hybridized carbons (Fsp3) is 0.353. The molecule has 0 saturated heterocycles. The molecular weight excluding hydrogens is 294 g/mol. The lowest BCUT2D eigenvalue weighted by molar-refractivity contribution is 0.415. The van der Waals surface area contributed by atoms with Crippen LogP contribution in [0.25, 0.3) is 16.2 Å². The van der Waals surface area contributed by atoms with Gasteiger partial charge in [-0.25, -0.2) is 4.98 Å². The van der Waals surface area contributed by atoms with E-state index in [0.717, 1.165) is 34.1 Å². The van der Waals surface area contributed by atoms with Gasteiger partial charge in [0, 0.05) is 22.7 Å². The first-order valence-corrected chi connectivity index (χ1v) is 8.50. The molecule has 0 bridgehead atoms. The van der Waals surface area contributed by atoms with Gasteiger partial charge in [0.05, 0.1) is 18.5 Å². The number of nitrogens with zero attached hydrogens (tertiary/aromatic N) is 2. The zero-order chi connectivity index (χ0) is 15.1. The van der Waals surface area contributed by atoms with Crippen molar-refractivity contribution in [2.45, 2.75) is 32.2 Å². The molecule has 0 amide bonds. The maximum atomic E-state index is 6.07. The number of nitrogens with two attached hydrogens (primary N) is 1. The van der Waals surface area contributed by atoms with Gasteiger partial charge in [-0.15, -0.1) is 11.3 Å². The van der Waals surface area contributed by atoms with Crippen molar-refractivity contribution in [3.63, 3.8) is 0 Å². The van der Waals surface area contributed by atoms with Crippen LogP contribution in [0.1, 0.15) is 29.1 Å². The summed E-state index contributed by atoms with van der Waals surface area (Å²) >= 11 is 1.82. The Morgan fingerprint density at radius 2 is 2.18 bits per heavy atom. The number of fused-ring (bicyclic) bond motifs is 3. The predicted octanol–water partition coefficient (Wildman–Crippen LogP) is 3.41. The van der Waals surface area contributed by atoms with Crippen molar-refractivity contribution in [2.24, 2.45) is 5.73 Å². The van der Waals surface area contributed by atoms with Crippen LogP contribution in [0.15, 0.2) is 24.3 Å². The molecule has 0 radical (unpaired) electrons. The average Bonchev–Trinajstić information content (AvgIpc) is 3.10. The highest BCUT2D eigenvalue weighted by Gasteiger charge is 2.22. The van der Waals surface area contributed by atoms with E-state index in [-0.39, 0.29) is 0 Å². The number of methoxy groups -OCH3 is 1. The van der Waals surface area contributed by atoms with Crippen molar-refractivity contribution < 1.29 is 4.74 Å². The molecule has 2 N–H and O–H groups in total. The third-order valence-corrected chi connectivity index (χ3v) is 5.49. The molecule has 0 saturated carbocycles. The Morgan fingerprint density at radius 1 is 1.32 bits per heavy atom. The molecule has 5 heteroatoms. The van der Waals surface area contributed by atoms with E-state index in [1.54, 1.807) is 7.11 Å². The standard InChI is InChI=1S/C17H19N3OS/c1-21-12-6-4-5-11(9-12)16-14(10-18)20-13-7-2-3-8-15(13)22-17(20)19-16/h4-6,9H,2-3,7-8,10,18H2,1H3. The van der Waals surface area contributed by atoms with Gasteiger partial charge < -0.3 is 10.5 Å². The largest absolute Gasteiger partial charge is 0.497 e. The van der Waals surface area contributed by atoms with Crippen LogP contribution in [0.4, 0.5) is 0 Å². The minimum atomic E-state index is 0.497. The lowest BCUT2D eigenvalue weighted by atomic mass is 10.0. The van der Waals surface area contributed by atoms with Crippen LogP contribution in [0.5, 0.6) is 5.75 Å². The topological polar surface area (TPSA) is 52.5 Å². The number of benzene rings is 1. The van der Waals surface area contributed by atoms with Gasteiger partial charge in [-0.2, -0.15) is 0 Å². The number of aryl methyl sites for hydroxylation is 2. The third-order valence-electron chi connectivity index (χ3n) is 4.35. The van der Waals surface area contributed by atoms with Gasteiger partial charge in [0.2, 0.25) is 0 Å². The van der Waals surface area contributed by atoms with Gasteiger partial charge in [-0.05, 0) is 37.8 Å². The number of ether oxygens (including phenoxy) is 1. The summed E-state index contributed by atoms with van der Waals surface area (Å²) in [6.45, 7) is 0.497. The summed E-state index contributed by atoms with van der Waals surface area (Å²) in [5.41, 5.74) is 10.7. The summed E-state index contributed by atoms with van der Waals surface area (Å²) in [6.07, 6.45) is 4.87. The Morgan fingerprint density at radius 3 is 3.00 bits per heavy atom. The fourth-order valence-corrected chi connectivity index (χ4v) is 4.51.